The van der Waals surface area contributed by atoms with Crippen LogP contribution in [-0.4, -0.2) is 59.9 Å². The standard InChI is InChI=1S/C17H31N5S2.HI/c1-4-18-16(19-8-5-12-23-17-20-9-13-24-17)21-15-6-10-22(11-7-15)14(2)3;/h9,13-15H,4-8,10-12H2,1-3H3,(H2,18,19,21);1H. The Balaban J connectivity index is 0.00000312. The van der Waals surface area contributed by atoms with Crippen LogP contribution in [0.25, 0.3) is 0 Å². The van der Waals surface area contributed by atoms with Crippen molar-refractivity contribution in [2.75, 3.05) is 31.9 Å². The summed E-state index contributed by atoms with van der Waals surface area (Å²) in [6.45, 7) is 10.8. The van der Waals surface area contributed by atoms with Crippen LogP contribution < -0.4 is 10.6 Å². The summed E-state index contributed by atoms with van der Waals surface area (Å²) < 4.78 is 1.15. The van der Waals surface area contributed by atoms with Gasteiger partial charge in [0.2, 0.25) is 0 Å². The highest BCUT2D eigenvalue weighted by Gasteiger charge is 2.21. The van der Waals surface area contributed by atoms with Crippen molar-refractivity contribution in [2.45, 2.75) is 56.5 Å². The fourth-order valence-electron chi connectivity index (χ4n) is 2.77. The minimum absolute atomic E-state index is 0. The van der Waals surface area contributed by atoms with Gasteiger partial charge in [0.1, 0.15) is 4.34 Å². The SMILES string of the molecule is CCNC(=NCCCSc1nccs1)NC1CCN(C(C)C)CC1.I. The molecule has 0 atom stereocenters. The molecule has 0 amide bonds. The second-order valence-corrected chi connectivity index (χ2v) is 8.55. The van der Waals surface area contributed by atoms with E-state index in [0.717, 1.165) is 35.6 Å². The van der Waals surface area contributed by atoms with E-state index in [0.29, 0.717) is 12.1 Å². The molecule has 2 rings (SSSR count). The van der Waals surface area contributed by atoms with Gasteiger partial charge in [-0.2, -0.15) is 0 Å². The molecule has 1 aromatic heterocycles. The Kier molecular flexibility index (Phi) is 12.1. The maximum Gasteiger partial charge on any atom is 0.191 e. The number of aliphatic imine (C=N–C) groups is 1. The third-order valence-corrected chi connectivity index (χ3v) is 6.20. The zero-order valence-corrected chi connectivity index (χ0v) is 19.5. The molecule has 8 heteroatoms. The van der Waals surface area contributed by atoms with E-state index in [1.54, 1.807) is 11.3 Å². The number of guanidine groups is 1. The van der Waals surface area contributed by atoms with Gasteiger partial charge < -0.3 is 15.5 Å². The summed E-state index contributed by atoms with van der Waals surface area (Å²) >= 11 is 3.53. The lowest BCUT2D eigenvalue weighted by Crippen LogP contribution is -2.49. The maximum absolute atomic E-state index is 4.73. The van der Waals surface area contributed by atoms with Crippen molar-refractivity contribution >= 4 is 53.0 Å². The fraction of sp³-hybridized carbons (Fsp3) is 0.765. The predicted molar refractivity (Wildman–Crippen MR) is 122 cm³/mol. The van der Waals surface area contributed by atoms with Gasteiger partial charge in [-0.15, -0.1) is 35.3 Å². The Morgan fingerprint density at radius 1 is 1.44 bits per heavy atom. The van der Waals surface area contributed by atoms with E-state index >= 15 is 0 Å². The topological polar surface area (TPSA) is 52.6 Å². The van der Waals surface area contributed by atoms with E-state index in [9.17, 15) is 0 Å². The molecule has 2 heterocycles. The van der Waals surface area contributed by atoms with Crippen LogP contribution in [0.4, 0.5) is 0 Å². The highest BCUT2D eigenvalue weighted by Crippen LogP contribution is 2.20. The molecule has 0 bridgehead atoms. The molecule has 1 saturated heterocycles. The summed E-state index contributed by atoms with van der Waals surface area (Å²) in [7, 11) is 0. The van der Waals surface area contributed by atoms with Gasteiger partial charge in [0.05, 0.1) is 0 Å². The van der Waals surface area contributed by atoms with Crippen LogP contribution in [0, 0.1) is 0 Å². The van der Waals surface area contributed by atoms with Crippen molar-refractivity contribution in [1.29, 1.82) is 0 Å². The summed E-state index contributed by atoms with van der Waals surface area (Å²) in [5.41, 5.74) is 0. The van der Waals surface area contributed by atoms with Crippen molar-refractivity contribution < 1.29 is 0 Å². The van der Waals surface area contributed by atoms with Crippen molar-refractivity contribution in [3.05, 3.63) is 11.6 Å². The van der Waals surface area contributed by atoms with E-state index in [1.807, 2.05) is 23.3 Å². The van der Waals surface area contributed by atoms with Crippen LogP contribution in [0.5, 0.6) is 0 Å². The first-order valence-electron chi connectivity index (χ1n) is 9.00. The number of nitrogens with zero attached hydrogens (tertiary/aromatic N) is 3. The summed E-state index contributed by atoms with van der Waals surface area (Å²) in [4.78, 5) is 11.6. The second kappa shape index (κ2) is 13.2. The highest BCUT2D eigenvalue weighted by molar-refractivity contribution is 14.0. The molecule has 5 nitrogen and oxygen atoms in total. The van der Waals surface area contributed by atoms with Crippen molar-refractivity contribution in [3.63, 3.8) is 0 Å². The first-order valence-corrected chi connectivity index (χ1v) is 10.9. The number of nitrogens with one attached hydrogen (secondary N) is 2. The fourth-order valence-corrected chi connectivity index (χ4v) is 4.40. The van der Waals surface area contributed by atoms with Gasteiger partial charge in [-0.3, -0.25) is 4.99 Å². The average molecular weight is 498 g/mol. The first-order chi connectivity index (χ1) is 11.7. The zero-order chi connectivity index (χ0) is 17.2. The summed E-state index contributed by atoms with van der Waals surface area (Å²) in [5.74, 6) is 2.04. The number of hydrogen-bond donors (Lipinski definition) is 2. The minimum atomic E-state index is 0. The predicted octanol–water partition coefficient (Wildman–Crippen LogP) is 3.67. The Bertz CT molecular complexity index is 473. The molecule has 0 aromatic carbocycles. The number of piperidine rings is 1. The number of thiazole rings is 1. The lowest BCUT2D eigenvalue weighted by Gasteiger charge is -2.35. The Hall–Kier alpha value is -0.0600. The van der Waals surface area contributed by atoms with E-state index in [2.05, 4.69) is 41.3 Å². The third kappa shape index (κ3) is 8.92. The third-order valence-electron chi connectivity index (χ3n) is 4.15. The minimum Gasteiger partial charge on any atom is -0.357 e. The quantitative estimate of drug-likeness (QED) is 0.189. The van der Waals surface area contributed by atoms with Gasteiger partial charge in [-0.1, -0.05) is 11.8 Å². The molecule has 0 saturated carbocycles. The van der Waals surface area contributed by atoms with E-state index in [-0.39, 0.29) is 24.0 Å². The van der Waals surface area contributed by atoms with Crippen LogP contribution in [0.2, 0.25) is 0 Å². The van der Waals surface area contributed by atoms with Gasteiger partial charge in [0.25, 0.3) is 0 Å². The summed E-state index contributed by atoms with van der Waals surface area (Å²) in [6.07, 6.45) is 5.33. The molecule has 0 aliphatic carbocycles. The normalized spacial score (nSPS) is 16.7. The van der Waals surface area contributed by atoms with Crippen molar-refractivity contribution in [1.82, 2.24) is 20.5 Å². The molecule has 0 unspecified atom stereocenters. The summed E-state index contributed by atoms with van der Waals surface area (Å²) in [6, 6.07) is 1.20. The van der Waals surface area contributed by atoms with E-state index < -0.39 is 0 Å². The number of rotatable bonds is 8. The maximum atomic E-state index is 4.73. The molecule has 1 aliphatic rings. The number of aromatic nitrogens is 1. The van der Waals surface area contributed by atoms with Gasteiger partial charge >= 0.3 is 0 Å². The first kappa shape index (κ1) is 23.0. The lowest BCUT2D eigenvalue weighted by atomic mass is 10.0. The van der Waals surface area contributed by atoms with Gasteiger partial charge in [0.15, 0.2) is 5.96 Å². The largest absolute Gasteiger partial charge is 0.357 e. The Morgan fingerprint density at radius 2 is 2.20 bits per heavy atom. The van der Waals surface area contributed by atoms with Crippen LogP contribution in [0.1, 0.15) is 40.0 Å². The smallest absolute Gasteiger partial charge is 0.191 e. The van der Waals surface area contributed by atoms with Gasteiger partial charge in [-0.25, -0.2) is 4.98 Å². The zero-order valence-electron chi connectivity index (χ0n) is 15.5. The van der Waals surface area contributed by atoms with Crippen LogP contribution in [-0.2, 0) is 0 Å². The number of likely N-dealkylation sites (tertiary alicyclic amines) is 1. The highest BCUT2D eigenvalue weighted by atomic mass is 127. The molecule has 0 radical (unpaired) electrons. The summed E-state index contributed by atoms with van der Waals surface area (Å²) in [5, 5.41) is 9.02. The van der Waals surface area contributed by atoms with Gasteiger partial charge in [0, 0.05) is 55.6 Å². The van der Waals surface area contributed by atoms with Crippen LogP contribution in [0.3, 0.4) is 0 Å². The van der Waals surface area contributed by atoms with Crippen molar-refractivity contribution in [3.8, 4) is 0 Å². The number of hydrogen-bond acceptors (Lipinski definition) is 5. The molecule has 1 aromatic rings. The molecular weight excluding hydrogens is 465 g/mol. The van der Waals surface area contributed by atoms with Crippen molar-refractivity contribution in [2.24, 2.45) is 4.99 Å². The van der Waals surface area contributed by atoms with E-state index in [1.165, 1.54) is 25.9 Å². The number of thioether (sulfide) groups is 1. The average Bonchev–Trinajstić information content (AvgIpc) is 3.08. The lowest BCUT2D eigenvalue weighted by molar-refractivity contribution is 0.167. The Labute approximate surface area is 177 Å². The molecule has 0 spiro atoms. The van der Waals surface area contributed by atoms with Gasteiger partial charge in [-0.05, 0) is 40.0 Å². The van der Waals surface area contributed by atoms with E-state index in [4.69, 9.17) is 4.99 Å². The van der Waals surface area contributed by atoms with Crippen LogP contribution in [0.15, 0.2) is 20.9 Å². The molecule has 1 fully saturated rings. The molecular formula is C17H32IN5S2. The monoisotopic (exact) mass is 497 g/mol. The molecule has 144 valence electrons. The molecule has 1 aliphatic heterocycles. The second-order valence-electron chi connectivity index (χ2n) is 6.31. The van der Waals surface area contributed by atoms with Crippen LogP contribution >= 0.6 is 47.1 Å². The molecule has 2 N–H and O–H groups in total. The number of halogens is 1. The Morgan fingerprint density at radius 3 is 2.80 bits per heavy atom. The molecule has 25 heavy (non-hydrogen) atoms.